The zero-order valence-corrected chi connectivity index (χ0v) is 16.3. The smallest absolute Gasteiger partial charge is 0.260 e. The van der Waals surface area contributed by atoms with Gasteiger partial charge in [-0.25, -0.2) is 0 Å². The molecule has 6 heteroatoms. The van der Waals surface area contributed by atoms with E-state index in [1.165, 1.54) is 0 Å². The van der Waals surface area contributed by atoms with Crippen LogP contribution < -0.4 is 10.1 Å². The van der Waals surface area contributed by atoms with E-state index in [0.717, 1.165) is 11.1 Å². The third kappa shape index (κ3) is 5.33. The van der Waals surface area contributed by atoms with Gasteiger partial charge in [-0.15, -0.1) is 0 Å². The maximum absolute atomic E-state index is 12.6. The standard InChI is InChI=1S/C22H27N3O3/c1-2-23-21(26)16-24-12-14-25(15-13-24)22(27)17-28-20-11-7-6-10-19(20)18-8-4-3-5-9-18/h3-11H,2,12-17H2,1H3,(H,23,26). The number of para-hydroxylation sites is 1. The van der Waals surface area contributed by atoms with E-state index in [4.69, 9.17) is 4.74 Å². The first-order valence-corrected chi connectivity index (χ1v) is 9.71. The fourth-order valence-electron chi connectivity index (χ4n) is 3.29. The van der Waals surface area contributed by atoms with Crippen molar-refractivity contribution >= 4 is 11.8 Å². The molecule has 1 saturated heterocycles. The number of ether oxygens (including phenoxy) is 1. The molecule has 1 aliphatic rings. The van der Waals surface area contributed by atoms with Crippen molar-refractivity contribution in [1.29, 1.82) is 0 Å². The highest BCUT2D eigenvalue weighted by molar-refractivity contribution is 5.79. The van der Waals surface area contributed by atoms with E-state index >= 15 is 0 Å². The Morgan fingerprint density at radius 2 is 1.64 bits per heavy atom. The predicted octanol–water partition coefficient (Wildman–Crippen LogP) is 2.01. The molecule has 2 aromatic carbocycles. The lowest BCUT2D eigenvalue weighted by molar-refractivity contribution is -0.135. The number of amides is 2. The van der Waals surface area contributed by atoms with Crippen molar-refractivity contribution in [2.75, 3.05) is 45.9 Å². The number of likely N-dealkylation sites (N-methyl/N-ethyl adjacent to an activating group) is 1. The molecule has 0 unspecified atom stereocenters. The number of hydrogen-bond acceptors (Lipinski definition) is 4. The number of rotatable bonds is 7. The lowest BCUT2D eigenvalue weighted by Crippen LogP contribution is -2.52. The molecular weight excluding hydrogens is 354 g/mol. The van der Waals surface area contributed by atoms with Gasteiger partial charge in [0.05, 0.1) is 6.54 Å². The molecule has 0 aromatic heterocycles. The van der Waals surface area contributed by atoms with Crippen LogP contribution in [0.4, 0.5) is 0 Å². The van der Waals surface area contributed by atoms with E-state index in [0.29, 0.717) is 45.0 Å². The Morgan fingerprint density at radius 3 is 2.36 bits per heavy atom. The van der Waals surface area contributed by atoms with Crippen molar-refractivity contribution in [3.05, 3.63) is 54.6 Å². The molecule has 0 aliphatic carbocycles. The van der Waals surface area contributed by atoms with Gasteiger partial charge in [-0.05, 0) is 18.6 Å². The van der Waals surface area contributed by atoms with E-state index in [1.54, 1.807) is 4.90 Å². The molecule has 1 fully saturated rings. The fraction of sp³-hybridized carbons (Fsp3) is 0.364. The number of benzene rings is 2. The maximum Gasteiger partial charge on any atom is 0.260 e. The van der Waals surface area contributed by atoms with Crippen molar-refractivity contribution in [3.8, 4) is 16.9 Å². The Bertz CT molecular complexity index is 787. The SMILES string of the molecule is CCNC(=O)CN1CCN(C(=O)COc2ccccc2-c2ccccc2)CC1. The van der Waals surface area contributed by atoms with Crippen LogP contribution in [0.2, 0.25) is 0 Å². The molecule has 148 valence electrons. The first kappa shape index (κ1) is 19.9. The van der Waals surface area contributed by atoms with Gasteiger partial charge in [-0.3, -0.25) is 14.5 Å². The number of nitrogens with one attached hydrogen (secondary N) is 1. The highest BCUT2D eigenvalue weighted by Crippen LogP contribution is 2.29. The lowest BCUT2D eigenvalue weighted by Gasteiger charge is -2.34. The molecule has 1 heterocycles. The Hall–Kier alpha value is -2.86. The summed E-state index contributed by atoms with van der Waals surface area (Å²) in [6.45, 7) is 5.57. The molecule has 2 aromatic rings. The zero-order valence-electron chi connectivity index (χ0n) is 16.3. The normalized spacial score (nSPS) is 14.5. The summed E-state index contributed by atoms with van der Waals surface area (Å²) >= 11 is 0. The molecule has 0 spiro atoms. The summed E-state index contributed by atoms with van der Waals surface area (Å²) < 4.78 is 5.86. The van der Waals surface area contributed by atoms with Crippen molar-refractivity contribution < 1.29 is 14.3 Å². The topological polar surface area (TPSA) is 61.9 Å². The van der Waals surface area contributed by atoms with Gasteiger partial charge in [-0.1, -0.05) is 48.5 Å². The van der Waals surface area contributed by atoms with Crippen LogP contribution in [0.1, 0.15) is 6.92 Å². The second-order valence-corrected chi connectivity index (χ2v) is 6.76. The number of hydrogen-bond donors (Lipinski definition) is 1. The quantitative estimate of drug-likeness (QED) is 0.797. The number of carbonyl (C=O) groups is 2. The third-order valence-electron chi connectivity index (χ3n) is 4.79. The van der Waals surface area contributed by atoms with E-state index < -0.39 is 0 Å². The number of carbonyl (C=O) groups excluding carboxylic acids is 2. The minimum absolute atomic E-state index is 0.0141. The summed E-state index contributed by atoms with van der Waals surface area (Å²) in [4.78, 5) is 28.1. The Labute approximate surface area is 166 Å². The van der Waals surface area contributed by atoms with Crippen molar-refractivity contribution in [1.82, 2.24) is 15.1 Å². The molecule has 0 saturated carbocycles. The minimum Gasteiger partial charge on any atom is -0.483 e. The first-order chi connectivity index (χ1) is 13.7. The molecule has 3 rings (SSSR count). The number of piperazine rings is 1. The molecule has 1 aliphatic heterocycles. The monoisotopic (exact) mass is 381 g/mol. The fourth-order valence-corrected chi connectivity index (χ4v) is 3.29. The number of nitrogens with zero attached hydrogens (tertiary/aromatic N) is 2. The third-order valence-corrected chi connectivity index (χ3v) is 4.79. The first-order valence-electron chi connectivity index (χ1n) is 9.71. The summed E-state index contributed by atoms with van der Waals surface area (Å²) in [6.07, 6.45) is 0. The van der Waals surface area contributed by atoms with Gasteiger partial charge in [0.15, 0.2) is 6.61 Å². The van der Waals surface area contributed by atoms with Gasteiger partial charge in [0, 0.05) is 38.3 Å². The molecule has 0 atom stereocenters. The Kier molecular flexibility index (Phi) is 7.03. The van der Waals surface area contributed by atoms with Gasteiger partial charge in [0.2, 0.25) is 5.91 Å². The maximum atomic E-state index is 12.6. The molecular formula is C22H27N3O3. The average Bonchev–Trinajstić information content (AvgIpc) is 2.73. The van der Waals surface area contributed by atoms with Crippen molar-refractivity contribution in [3.63, 3.8) is 0 Å². The Morgan fingerprint density at radius 1 is 0.964 bits per heavy atom. The molecule has 0 radical (unpaired) electrons. The van der Waals surface area contributed by atoms with Gasteiger partial charge < -0.3 is 15.0 Å². The summed E-state index contributed by atoms with van der Waals surface area (Å²) in [7, 11) is 0. The lowest BCUT2D eigenvalue weighted by atomic mass is 10.1. The van der Waals surface area contributed by atoms with Gasteiger partial charge in [0.1, 0.15) is 5.75 Å². The summed E-state index contributed by atoms with van der Waals surface area (Å²) in [5, 5.41) is 2.80. The van der Waals surface area contributed by atoms with Crippen LogP contribution in [0.15, 0.2) is 54.6 Å². The summed E-state index contributed by atoms with van der Waals surface area (Å²) in [5.74, 6) is 0.709. The van der Waals surface area contributed by atoms with Crippen molar-refractivity contribution in [2.45, 2.75) is 6.92 Å². The van der Waals surface area contributed by atoms with Crippen LogP contribution in [0.5, 0.6) is 5.75 Å². The van der Waals surface area contributed by atoms with Crippen LogP contribution >= 0.6 is 0 Å². The van der Waals surface area contributed by atoms with Crippen molar-refractivity contribution in [2.24, 2.45) is 0 Å². The molecule has 6 nitrogen and oxygen atoms in total. The van der Waals surface area contributed by atoms with E-state index in [2.05, 4.69) is 10.2 Å². The van der Waals surface area contributed by atoms with E-state index in [-0.39, 0.29) is 18.4 Å². The highest BCUT2D eigenvalue weighted by atomic mass is 16.5. The minimum atomic E-state index is -0.0273. The predicted molar refractivity (Wildman–Crippen MR) is 109 cm³/mol. The second kappa shape index (κ2) is 9.90. The second-order valence-electron chi connectivity index (χ2n) is 6.76. The van der Waals surface area contributed by atoms with Crippen LogP contribution in [-0.4, -0.2) is 67.5 Å². The van der Waals surface area contributed by atoms with Crippen LogP contribution in [0.25, 0.3) is 11.1 Å². The van der Waals surface area contributed by atoms with Crippen LogP contribution in [0, 0.1) is 0 Å². The van der Waals surface area contributed by atoms with Gasteiger partial charge >= 0.3 is 0 Å². The summed E-state index contributed by atoms with van der Waals surface area (Å²) in [5.41, 5.74) is 2.03. The molecule has 0 bridgehead atoms. The average molecular weight is 381 g/mol. The summed E-state index contributed by atoms with van der Waals surface area (Å²) in [6, 6.07) is 17.7. The highest BCUT2D eigenvalue weighted by Gasteiger charge is 2.22. The molecule has 2 amide bonds. The molecule has 1 N–H and O–H groups in total. The van der Waals surface area contributed by atoms with Crippen LogP contribution in [0.3, 0.4) is 0 Å². The Balaban J connectivity index is 1.51. The van der Waals surface area contributed by atoms with E-state index in [9.17, 15) is 9.59 Å². The van der Waals surface area contributed by atoms with E-state index in [1.807, 2.05) is 61.5 Å². The molecule has 28 heavy (non-hydrogen) atoms. The van der Waals surface area contributed by atoms with Gasteiger partial charge in [0.25, 0.3) is 5.91 Å². The van der Waals surface area contributed by atoms with Gasteiger partial charge in [-0.2, -0.15) is 0 Å². The zero-order chi connectivity index (χ0) is 19.8. The van der Waals surface area contributed by atoms with Crippen LogP contribution in [-0.2, 0) is 9.59 Å². The largest absolute Gasteiger partial charge is 0.483 e.